The molecular formula is C21H22N2O5. The third kappa shape index (κ3) is 6.28. The van der Waals surface area contributed by atoms with E-state index >= 15 is 0 Å². The third-order valence-electron chi connectivity index (χ3n) is 3.81. The Morgan fingerprint density at radius 1 is 1.07 bits per heavy atom. The van der Waals surface area contributed by atoms with Crippen molar-refractivity contribution in [3.8, 4) is 5.75 Å². The van der Waals surface area contributed by atoms with Gasteiger partial charge in [0.15, 0.2) is 0 Å². The molecule has 146 valence electrons. The van der Waals surface area contributed by atoms with Crippen LogP contribution in [-0.4, -0.2) is 36.0 Å². The summed E-state index contributed by atoms with van der Waals surface area (Å²) in [5.74, 6) is -1.39. The highest BCUT2D eigenvalue weighted by Gasteiger charge is 2.17. The van der Waals surface area contributed by atoms with E-state index in [1.54, 1.807) is 68.6 Å². The molecule has 1 atom stereocenters. The van der Waals surface area contributed by atoms with Crippen LogP contribution < -0.4 is 15.4 Å². The summed E-state index contributed by atoms with van der Waals surface area (Å²) < 4.78 is 5.11. The largest absolute Gasteiger partial charge is 0.497 e. The van der Waals surface area contributed by atoms with Crippen molar-refractivity contribution >= 4 is 23.9 Å². The number of nitrogens with one attached hydrogen (secondary N) is 2. The molecule has 0 heterocycles. The molecule has 2 aromatic rings. The first-order chi connectivity index (χ1) is 13.4. The van der Waals surface area contributed by atoms with Gasteiger partial charge in [-0.25, -0.2) is 0 Å². The fraction of sp³-hybridized carbons (Fsp3) is 0.190. The number of carbonyl (C=O) groups is 3. The molecule has 0 bridgehead atoms. The molecule has 2 rings (SSSR count). The molecule has 1 unspecified atom stereocenters. The Bertz CT molecular complexity index is 860. The highest BCUT2D eigenvalue weighted by Crippen LogP contribution is 2.14. The first-order valence-corrected chi connectivity index (χ1v) is 8.64. The van der Waals surface area contributed by atoms with E-state index < -0.39 is 23.8 Å². The van der Waals surface area contributed by atoms with Crippen molar-refractivity contribution in [3.05, 3.63) is 71.4 Å². The summed E-state index contributed by atoms with van der Waals surface area (Å²) in [5.41, 5.74) is 1.08. The first-order valence-electron chi connectivity index (χ1n) is 8.64. The summed E-state index contributed by atoms with van der Waals surface area (Å²) >= 11 is 0. The highest BCUT2D eigenvalue weighted by molar-refractivity contribution is 6.05. The highest BCUT2D eigenvalue weighted by atomic mass is 16.5. The predicted octanol–water partition coefficient (Wildman–Crippen LogP) is 2.45. The molecule has 7 nitrogen and oxygen atoms in total. The van der Waals surface area contributed by atoms with Crippen molar-refractivity contribution in [1.82, 2.24) is 10.6 Å². The van der Waals surface area contributed by atoms with Crippen LogP contribution in [-0.2, 0) is 9.59 Å². The number of carboxylic acid groups (broad SMARTS) is 1. The van der Waals surface area contributed by atoms with Crippen molar-refractivity contribution in [2.45, 2.75) is 19.4 Å². The SMILES string of the molecule is COc1ccc(C=C(NC(=O)c2ccccc2)C(=O)NC(C)CC(=O)O)cc1. The summed E-state index contributed by atoms with van der Waals surface area (Å²) in [4.78, 5) is 35.9. The zero-order chi connectivity index (χ0) is 20.5. The van der Waals surface area contributed by atoms with Crippen molar-refractivity contribution in [1.29, 1.82) is 0 Å². The molecule has 0 saturated carbocycles. The maximum Gasteiger partial charge on any atom is 0.305 e. The van der Waals surface area contributed by atoms with Crippen LogP contribution in [0.2, 0.25) is 0 Å². The van der Waals surface area contributed by atoms with Gasteiger partial charge in [-0.2, -0.15) is 0 Å². The second-order valence-corrected chi connectivity index (χ2v) is 6.12. The Balaban J connectivity index is 2.25. The summed E-state index contributed by atoms with van der Waals surface area (Å²) in [7, 11) is 1.55. The van der Waals surface area contributed by atoms with Gasteiger partial charge in [-0.05, 0) is 42.8 Å². The van der Waals surface area contributed by atoms with Gasteiger partial charge in [0.2, 0.25) is 0 Å². The van der Waals surface area contributed by atoms with E-state index in [-0.39, 0.29) is 12.1 Å². The van der Waals surface area contributed by atoms with Gasteiger partial charge in [-0.1, -0.05) is 30.3 Å². The minimum Gasteiger partial charge on any atom is -0.497 e. The standard InChI is InChI=1S/C21H22N2O5/c1-14(12-19(24)25)22-21(27)18(13-15-8-10-17(28-2)11-9-15)23-20(26)16-6-4-3-5-7-16/h3-11,13-14H,12H2,1-2H3,(H,22,27)(H,23,26)(H,24,25). The Morgan fingerprint density at radius 2 is 1.71 bits per heavy atom. The van der Waals surface area contributed by atoms with Crippen molar-refractivity contribution < 1.29 is 24.2 Å². The second kappa shape index (κ2) is 9.91. The van der Waals surface area contributed by atoms with Gasteiger partial charge in [0.25, 0.3) is 11.8 Å². The Labute approximate surface area is 163 Å². The van der Waals surface area contributed by atoms with Gasteiger partial charge in [0, 0.05) is 11.6 Å². The Morgan fingerprint density at radius 3 is 2.29 bits per heavy atom. The molecule has 2 amide bonds. The minimum absolute atomic E-state index is 0.0104. The maximum atomic E-state index is 12.6. The first kappa shape index (κ1) is 20.7. The predicted molar refractivity (Wildman–Crippen MR) is 105 cm³/mol. The average molecular weight is 382 g/mol. The van der Waals surface area contributed by atoms with Crippen LogP contribution in [0.4, 0.5) is 0 Å². The minimum atomic E-state index is -1.03. The van der Waals surface area contributed by atoms with Crippen LogP contribution >= 0.6 is 0 Å². The van der Waals surface area contributed by atoms with Crippen LogP contribution in [0, 0.1) is 0 Å². The lowest BCUT2D eigenvalue weighted by Gasteiger charge is -2.15. The molecule has 0 saturated heterocycles. The number of carbonyl (C=O) groups excluding carboxylic acids is 2. The quantitative estimate of drug-likeness (QED) is 0.608. The van der Waals surface area contributed by atoms with Crippen LogP contribution in [0.25, 0.3) is 6.08 Å². The maximum absolute atomic E-state index is 12.6. The lowest BCUT2D eigenvalue weighted by molar-refractivity contribution is -0.137. The smallest absolute Gasteiger partial charge is 0.305 e. The normalized spacial score (nSPS) is 12.0. The monoisotopic (exact) mass is 382 g/mol. The van der Waals surface area contributed by atoms with Crippen molar-refractivity contribution in [2.75, 3.05) is 7.11 Å². The molecule has 0 aliphatic rings. The number of hydrogen-bond acceptors (Lipinski definition) is 4. The summed E-state index contributed by atoms with van der Waals surface area (Å²) in [6.07, 6.45) is 1.29. The molecule has 0 aliphatic heterocycles. The molecule has 3 N–H and O–H groups in total. The molecular weight excluding hydrogens is 360 g/mol. The van der Waals surface area contributed by atoms with E-state index in [1.807, 2.05) is 0 Å². The lowest BCUT2D eigenvalue weighted by atomic mass is 10.1. The molecule has 7 heteroatoms. The molecule has 0 aliphatic carbocycles. The van der Waals surface area contributed by atoms with Crippen LogP contribution in [0.5, 0.6) is 5.75 Å². The molecule has 28 heavy (non-hydrogen) atoms. The van der Waals surface area contributed by atoms with Gasteiger partial charge < -0.3 is 20.5 Å². The number of benzene rings is 2. The zero-order valence-corrected chi connectivity index (χ0v) is 15.6. The van der Waals surface area contributed by atoms with Gasteiger partial charge >= 0.3 is 5.97 Å². The van der Waals surface area contributed by atoms with E-state index in [9.17, 15) is 14.4 Å². The van der Waals surface area contributed by atoms with E-state index in [1.165, 1.54) is 6.08 Å². The topological polar surface area (TPSA) is 105 Å². The van der Waals surface area contributed by atoms with E-state index in [2.05, 4.69) is 10.6 Å². The zero-order valence-electron chi connectivity index (χ0n) is 15.6. The van der Waals surface area contributed by atoms with E-state index in [0.29, 0.717) is 16.9 Å². The number of aliphatic carboxylic acids is 1. The number of amides is 2. The number of methoxy groups -OCH3 is 1. The van der Waals surface area contributed by atoms with Gasteiger partial charge in [0.1, 0.15) is 11.4 Å². The molecule has 0 fully saturated rings. The number of rotatable bonds is 8. The molecule has 0 aromatic heterocycles. The molecule has 0 radical (unpaired) electrons. The van der Waals surface area contributed by atoms with Gasteiger partial charge in [-0.3, -0.25) is 14.4 Å². The Kier molecular flexibility index (Phi) is 7.33. The lowest BCUT2D eigenvalue weighted by Crippen LogP contribution is -2.40. The van der Waals surface area contributed by atoms with E-state index in [0.717, 1.165) is 0 Å². The second-order valence-electron chi connectivity index (χ2n) is 6.12. The average Bonchev–Trinajstić information content (AvgIpc) is 2.67. The number of ether oxygens (including phenoxy) is 1. The van der Waals surface area contributed by atoms with Gasteiger partial charge in [-0.15, -0.1) is 0 Å². The number of carboxylic acids is 1. The van der Waals surface area contributed by atoms with Crippen LogP contribution in [0.3, 0.4) is 0 Å². The van der Waals surface area contributed by atoms with Gasteiger partial charge in [0.05, 0.1) is 13.5 Å². The van der Waals surface area contributed by atoms with Crippen molar-refractivity contribution in [3.63, 3.8) is 0 Å². The summed E-state index contributed by atoms with van der Waals surface area (Å²) in [6.45, 7) is 1.58. The summed E-state index contributed by atoms with van der Waals surface area (Å²) in [6, 6.07) is 14.8. The van der Waals surface area contributed by atoms with Crippen LogP contribution in [0.15, 0.2) is 60.3 Å². The Hall–Kier alpha value is -3.61. The third-order valence-corrected chi connectivity index (χ3v) is 3.81. The molecule has 2 aromatic carbocycles. The number of hydrogen-bond donors (Lipinski definition) is 3. The molecule has 0 spiro atoms. The summed E-state index contributed by atoms with van der Waals surface area (Å²) in [5, 5.41) is 14.1. The van der Waals surface area contributed by atoms with E-state index in [4.69, 9.17) is 9.84 Å². The van der Waals surface area contributed by atoms with Crippen molar-refractivity contribution in [2.24, 2.45) is 0 Å². The fourth-order valence-corrected chi connectivity index (χ4v) is 2.42. The fourth-order valence-electron chi connectivity index (χ4n) is 2.42. The van der Waals surface area contributed by atoms with Crippen LogP contribution in [0.1, 0.15) is 29.3 Å².